The summed E-state index contributed by atoms with van der Waals surface area (Å²) >= 11 is 0. The molecule has 2 aliphatic rings. The molecule has 5 rings (SSSR count). The predicted molar refractivity (Wildman–Crippen MR) is 153 cm³/mol. The number of hydrogen-bond acceptors (Lipinski definition) is 6. The van der Waals surface area contributed by atoms with E-state index in [1.165, 1.54) is 36.9 Å². The molecule has 0 spiro atoms. The van der Waals surface area contributed by atoms with E-state index in [4.69, 9.17) is 4.74 Å². The number of pyridine rings is 3. The lowest BCUT2D eigenvalue weighted by atomic mass is 9.96. The van der Waals surface area contributed by atoms with E-state index in [1.807, 2.05) is 76.9 Å². The molecular weight excluding hydrogens is 460 g/mol. The molecule has 3 aromatic heterocycles. The van der Waals surface area contributed by atoms with E-state index in [2.05, 4.69) is 48.0 Å². The van der Waals surface area contributed by atoms with Crippen LogP contribution in [0.2, 0.25) is 0 Å². The summed E-state index contributed by atoms with van der Waals surface area (Å²) in [4.78, 5) is 15.5. The minimum Gasteiger partial charge on any atom is -0.378 e. The second-order valence-corrected chi connectivity index (χ2v) is 8.62. The topological polar surface area (TPSA) is 67.6 Å². The molecule has 7 heteroatoms. The highest BCUT2D eigenvalue weighted by Gasteiger charge is 2.14. The van der Waals surface area contributed by atoms with Crippen molar-refractivity contribution in [2.75, 3.05) is 51.8 Å². The zero-order valence-corrected chi connectivity index (χ0v) is 22.9. The molecule has 7 nitrogen and oxygen atoms in total. The molecule has 1 aliphatic carbocycles. The van der Waals surface area contributed by atoms with Gasteiger partial charge in [-0.1, -0.05) is 26.0 Å². The summed E-state index contributed by atoms with van der Waals surface area (Å²) in [5, 5.41) is 3.19. The van der Waals surface area contributed by atoms with E-state index in [9.17, 15) is 0 Å². The van der Waals surface area contributed by atoms with Crippen molar-refractivity contribution in [2.45, 2.75) is 39.5 Å². The summed E-state index contributed by atoms with van der Waals surface area (Å²) in [5.74, 6) is 0.989. The Morgan fingerprint density at radius 3 is 2.59 bits per heavy atom. The first-order chi connectivity index (χ1) is 18.3. The monoisotopic (exact) mass is 502 g/mol. The first-order valence-corrected chi connectivity index (χ1v) is 13.5. The Morgan fingerprint density at radius 1 is 1.03 bits per heavy atom. The van der Waals surface area contributed by atoms with E-state index in [0.29, 0.717) is 0 Å². The van der Waals surface area contributed by atoms with Crippen LogP contribution in [0.5, 0.6) is 0 Å². The molecule has 0 aromatic carbocycles. The van der Waals surface area contributed by atoms with Crippen LogP contribution >= 0.6 is 0 Å². The lowest BCUT2D eigenvalue weighted by molar-refractivity contribution is 0.122. The Morgan fingerprint density at radius 2 is 1.84 bits per heavy atom. The summed E-state index contributed by atoms with van der Waals surface area (Å²) in [6, 6.07) is 14.5. The number of aromatic nitrogens is 3. The number of fused-ring (bicyclic) bond motifs is 1. The number of aryl methyl sites for hydroxylation is 2. The molecule has 0 radical (unpaired) electrons. The Hall–Kier alpha value is -3.29. The van der Waals surface area contributed by atoms with Crippen LogP contribution in [0.4, 0.5) is 5.82 Å². The zero-order valence-electron chi connectivity index (χ0n) is 22.9. The summed E-state index contributed by atoms with van der Waals surface area (Å²) in [6.45, 7) is 8.02. The van der Waals surface area contributed by atoms with Crippen molar-refractivity contribution in [3.05, 3.63) is 89.4 Å². The Bertz CT molecular complexity index is 1160. The molecule has 0 unspecified atom stereocenters. The van der Waals surface area contributed by atoms with E-state index >= 15 is 0 Å². The summed E-state index contributed by atoms with van der Waals surface area (Å²) in [6.07, 6.45) is 13.1. The SMILES string of the molecule is CC.CN=c1ccccn1/C(=C/CNC)c1ccnc(N2CCOCC2)c1.c1cnc2c(c1)CCCC2. The van der Waals surface area contributed by atoms with Crippen LogP contribution in [0, 0.1) is 0 Å². The molecule has 1 N–H and O–H groups in total. The predicted octanol–water partition coefficient (Wildman–Crippen LogP) is 4.35. The van der Waals surface area contributed by atoms with Crippen molar-refractivity contribution in [1.82, 2.24) is 19.9 Å². The van der Waals surface area contributed by atoms with E-state index in [1.54, 1.807) is 0 Å². The third-order valence-corrected chi connectivity index (χ3v) is 6.30. The molecule has 4 heterocycles. The highest BCUT2D eigenvalue weighted by atomic mass is 16.5. The van der Waals surface area contributed by atoms with Crippen molar-refractivity contribution in [3.63, 3.8) is 0 Å². The number of hydrogen-bond donors (Lipinski definition) is 1. The molecule has 0 saturated carbocycles. The van der Waals surface area contributed by atoms with E-state index in [-0.39, 0.29) is 0 Å². The van der Waals surface area contributed by atoms with Crippen LogP contribution in [-0.2, 0) is 17.6 Å². The second kappa shape index (κ2) is 15.7. The van der Waals surface area contributed by atoms with Crippen LogP contribution in [0.3, 0.4) is 0 Å². The van der Waals surface area contributed by atoms with Gasteiger partial charge in [-0.25, -0.2) is 4.98 Å². The second-order valence-electron chi connectivity index (χ2n) is 8.62. The minimum absolute atomic E-state index is 0.751. The van der Waals surface area contributed by atoms with Crippen LogP contribution in [-0.4, -0.2) is 61.5 Å². The van der Waals surface area contributed by atoms with Gasteiger partial charge in [-0.3, -0.25) is 9.98 Å². The van der Waals surface area contributed by atoms with Gasteiger partial charge in [0.25, 0.3) is 0 Å². The van der Waals surface area contributed by atoms with Gasteiger partial charge in [-0.15, -0.1) is 0 Å². The van der Waals surface area contributed by atoms with Crippen LogP contribution in [0.25, 0.3) is 5.70 Å². The highest BCUT2D eigenvalue weighted by Crippen LogP contribution is 2.21. The molecule has 0 atom stereocenters. The van der Waals surface area contributed by atoms with Crippen LogP contribution < -0.4 is 15.7 Å². The first kappa shape index (κ1) is 28.3. The molecule has 1 fully saturated rings. The Labute approximate surface area is 222 Å². The summed E-state index contributed by atoms with van der Waals surface area (Å²) < 4.78 is 7.55. The quantitative estimate of drug-likeness (QED) is 0.562. The third-order valence-electron chi connectivity index (χ3n) is 6.30. The van der Waals surface area contributed by atoms with Gasteiger partial charge in [-0.05, 0) is 74.7 Å². The van der Waals surface area contributed by atoms with Gasteiger partial charge in [0.2, 0.25) is 0 Å². The molecule has 0 amide bonds. The molecule has 198 valence electrons. The van der Waals surface area contributed by atoms with Gasteiger partial charge in [-0.2, -0.15) is 0 Å². The van der Waals surface area contributed by atoms with Crippen molar-refractivity contribution in [3.8, 4) is 0 Å². The number of morpholine rings is 1. The minimum atomic E-state index is 0.751. The Kier molecular flexibility index (Phi) is 12.0. The van der Waals surface area contributed by atoms with Gasteiger partial charge in [0, 0.05) is 56.5 Å². The largest absolute Gasteiger partial charge is 0.378 e. The number of anilines is 1. The van der Waals surface area contributed by atoms with E-state index in [0.717, 1.165) is 55.4 Å². The van der Waals surface area contributed by atoms with Crippen LogP contribution in [0.15, 0.2) is 72.1 Å². The maximum Gasteiger partial charge on any atom is 0.131 e. The van der Waals surface area contributed by atoms with Crippen molar-refractivity contribution >= 4 is 11.5 Å². The standard InChI is InChI=1S/C19H25N5O.C9H11N.C2H6/c1-20-8-7-17(24-10-4-3-5-18(24)21-2)16-6-9-22-19(15-16)23-11-13-25-14-12-23;1-2-6-9-8(4-1)5-3-7-10-9;1-2/h3-7,9-10,15,20H,8,11-14H2,1-2H3;3,5,7H,1-2,4,6H2;1-2H3/b17-7+,21-18?;;. The summed E-state index contributed by atoms with van der Waals surface area (Å²) in [5.41, 5.74) is 5.91. The van der Waals surface area contributed by atoms with Gasteiger partial charge in [0.05, 0.1) is 18.9 Å². The summed E-state index contributed by atoms with van der Waals surface area (Å²) in [7, 11) is 3.76. The maximum absolute atomic E-state index is 5.45. The Balaban J connectivity index is 0.000000262. The zero-order chi connectivity index (χ0) is 26.3. The molecule has 37 heavy (non-hydrogen) atoms. The smallest absolute Gasteiger partial charge is 0.131 e. The molecule has 1 saturated heterocycles. The van der Waals surface area contributed by atoms with Crippen molar-refractivity contribution in [2.24, 2.45) is 4.99 Å². The van der Waals surface area contributed by atoms with Crippen LogP contribution in [0.1, 0.15) is 43.5 Å². The number of nitrogens with zero attached hydrogens (tertiary/aromatic N) is 5. The lowest BCUT2D eigenvalue weighted by Gasteiger charge is -2.28. The third kappa shape index (κ3) is 8.10. The first-order valence-electron chi connectivity index (χ1n) is 13.5. The highest BCUT2D eigenvalue weighted by molar-refractivity contribution is 5.68. The van der Waals surface area contributed by atoms with Crippen molar-refractivity contribution < 1.29 is 4.74 Å². The maximum atomic E-state index is 5.45. The average molecular weight is 503 g/mol. The van der Waals surface area contributed by atoms with Crippen molar-refractivity contribution in [1.29, 1.82) is 0 Å². The normalized spacial score (nSPS) is 15.6. The fourth-order valence-electron chi connectivity index (χ4n) is 4.45. The number of nitrogens with one attached hydrogen (secondary N) is 1. The number of ether oxygens (including phenoxy) is 1. The van der Waals surface area contributed by atoms with Gasteiger partial charge >= 0.3 is 0 Å². The average Bonchev–Trinajstić information content (AvgIpc) is 2.99. The molecule has 1 aliphatic heterocycles. The lowest BCUT2D eigenvalue weighted by Crippen LogP contribution is -2.36. The fraction of sp³-hybridized carbons (Fsp3) is 0.433. The van der Waals surface area contributed by atoms with Gasteiger partial charge in [0.15, 0.2) is 0 Å². The molecular formula is C30H42N6O. The molecule has 3 aromatic rings. The van der Waals surface area contributed by atoms with E-state index < -0.39 is 0 Å². The van der Waals surface area contributed by atoms with Gasteiger partial charge in [0.1, 0.15) is 11.3 Å². The fourth-order valence-corrected chi connectivity index (χ4v) is 4.45. The van der Waals surface area contributed by atoms with Gasteiger partial charge < -0.3 is 19.5 Å². The molecule has 0 bridgehead atoms. The number of rotatable bonds is 5. The number of likely N-dealkylation sites (N-methyl/N-ethyl adjacent to an activating group) is 1.